The first-order valence-corrected chi connectivity index (χ1v) is 9.92. The maximum Gasteiger partial charge on any atom is 1.00 e. The first-order valence-electron chi connectivity index (χ1n) is 9.92. The standard InChI is InChI=1S/C18H36O2.C2H4O2.5Na.H2O.5H/c1-2-3-4-5-6-7-8-9-10-11-12-13-14-15-16-17-18(19)20;1-2(3)4;;;;;;;;;;;/h2-17H2,1H3,(H,19,20);1H3,(H,3,4);;;;;;1H2;;;;;/q;;5*+1;;5*-1. The minimum atomic E-state index is -0.833. The largest absolute Gasteiger partial charge is 1.00 e. The Morgan fingerprint density at radius 1 is 0.567 bits per heavy atom. The average molecular weight is 483 g/mol. The van der Waals surface area contributed by atoms with Crippen molar-refractivity contribution in [2.45, 2.75) is 117 Å². The molecule has 0 aromatic heterocycles. The van der Waals surface area contributed by atoms with Crippen molar-refractivity contribution in [3.63, 3.8) is 0 Å². The second-order valence-corrected chi connectivity index (χ2v) is 6.61. The average Bonchev–Trinajstić information content (AvgIpc) is 2.50. The van der Waals surface area contributed by atoms with Gasteiger partial charge < -0.3 is 22.8 Å². The fraction of sp³-hybridized carbons (Fsp3) is 0.900. The third-order valence-corrected chi connectivity index (χ3v) is 3.99. The molecule has 0 heterocycles. The van der Waals surface area contributed by atoms with Crippen LogP contribution in [-0.2, 0) is 9.59 Å². The van der Waals surface area contributed by atoms with E-state index < -0.39 is 11.9 Å². The van der Waals surface area contributed by atoms with Crippen molar-refractivity contribution in [2.24, 2.45) is 0 Å². The van der Waals surface area contributed by atoms with Gasteiger partial charge in [0.15, 0.2) is 0 Å². The van der Waals surface area contributed by atoms with Crippen LogP contribution < -0.4 is 148 Å². The van der Waals surface area contributed by atoms with Crippen LogP contribution in [0.4, 0.5) is 0 Å². The second kappa shape index (κ2) is 49.9. The second-order valence-electron chi connectivity index (χ2n) is 6.61. The molecule has 0 radical (unpaired) electrons. The summed E-state index contributed by atoms with van der Waals surface area (Å²) in [5.41, 5.74) is 0. The van der Waals surface area contributed by atoms with Crippen LogP contribution in [0.3, 0.4) is 0 Å². The van der Waals surface area contributed by atoms with E-state index in [-0.39, 0.29) is 160 Å². The summed E-state index contributed by atoms with van der Waals surface area (Å²) in [5.74, 6) is -1.49. The van der Waals surface area contributed by atoms with E-state index >= 15 is 0 Å². The zero-order valence-electron chi connectivity index (χ0n) is 26.5. The smallest absolute Gasteiger partial charge is 1.00 e. The van der Waals surface area contributed by atoms with Crippen LogP contribution in [0.5, 0.6) is 0 Å². The van der Waals surface area contributed by atoms with Crippen LogP contribution in [0.15, 0.2) is 0 Å². The Kier molecular flexibility index (Phi) is 91.0. The van der Waals surface area contributed by atoms with Crippen LogP contribution in [-0.4, -0.2) is 27.6 Å². The van der Waals surface area contributed by atoms with Crippen molar-refractivity contribution in [1.82, 2.24) is 0 Å². The summed E-state index contributed by atoms with van der Waals surface area (Å²) in [7, 11) is 0. The van der Waals surface area contributed by atoms with Crippen LogP contribution in [0.1, 0.15) is 124 Å². The number of carboxylic acid groups (broad SMARTS) is 2. The third kappa shape index (κ3) is 69.7. The number of aliphatic carboxylic acids is 2. The van der Waals surface area contributed by atoms with E-state index in [1.54, 1.807) is 0 Å². The van der Waals surface area contributed by atoms with Gasteiger partial charge in [0.2, 0.25) is 0 Å². The molecule has 0 atom stereocenters. The van der Waals surface area contributed by atoms with Gasteiger partial charge >= 0.3 is 154 Å². The molecule has 5 nitrogen and oxygen atoms in total. The first kappa shape index (κ1) is 54.7. The van der Waals surface area contributed by atoms with Crippen molar-refractivity contribution in [2.75, 3.05) is 0 Å². The zero-order chi connectivity index (χ0) is 18.5. The minimum Gasteiger partial charge on any atom is -1.00 e. The van der Waals surface area contributed by atoms with Crippen molar-refractivity contribution >= 4 is 11.9 Å². The summed E-state index contributed by atoms with van der Waals surface area (Å²) in [6.07, 6.45) is 20.2. The molecule has 0 aliphatic heterocycles. The summed E-state index contributed by atoms with van der Waals surface area (Å²) in [4.78, 5) is 19.3. The minimum absolute atomic E-state index is 0. The van der Waals surface area contributed by atoms with Crippen LogP contribution in [0.25, 0.3) is 0 Å². The summed E-state index contributed by atoms with van der Waals surface area (Å²) in [6, 6.07) is 0. The Morgan fingerprint density at radius 3 is 0.967 bits per heavy atom. The maximum absolute atomic E-state index is 10.3. The van der Waals surface area contributed by atoms with Crippen LogP contribution >= 0.6 is 0 Å². The number of carbonyl (C=O) groups is 2. The summed E-state index contributed by atoms with van der Waals surface area (Å²) < 4.78 is 0. The molecule has 0 aliphatic rings. The number of carboxylic acids is 2. The van der Waals surface area contributed by atoms with Gasteiger partial charge in [0, 0.05) is 13.3 Å². The van der Waals surface area contributed by atoms with E-state index in [0.29, 0.717) is 6.42 Å². The van der Waals surface area contributed by atoms with E-state index in [1.165, 1.54) is 83.5 Å². The van der Waals surface area contributed by atoms with Gasteiger partial charge in [0.05, 0.1) is 0 Å². The Labute approximate surface area is 304 Å². The molecule has 0 aliphatic carbocycles. The Balaban J connectivity index is -0.0000000273. The predicted molar refractivity (Wildman–Crippen MR) is 110 cm³/mol. The monoisotopic (exact) mass is 482 g/mol. The van der Waals surface area contributed by atoms with Crippen molar-refractivity contribution < 1.29 is 180 Å². The Morgan fingerprint density at radius 2 is 0.767 bits per heavy atom. The summed E-state index contributed by atoms with van der Waals surface area (Å²) in [6.45, 7) is 3.35. The third-order valence-electron chi connectivity index (χ3n) is 3.99. The molecule has 0 bridgehead atoms. The topological polar surface area (TPSA) is 106 Å². The molecular weight excluding hydrogens is 435 g/mol. The molecule has 0 rings (SSSR count). The van der Waals surface area contributed by atoms with E-state index in [0.717, 1.165) is 19.8 Å². The Bertz CT molecular complexity index is 315. The summed E-state index contributed by atoms with van der Waals surface area (Å²) in [5, 5.41) is 15.9. The Hall–Kier alpha value is 3.90. The van der Waals surface area contributed by atoms with E-state index in [4.69, 9.17) is 15.0 Å². The van der Waals surface area contributed by atoms with Gasteiger partial charge in [-0.25, -0.2) is 0 Å². The van der Waals surface area contributed by atoms with Gasteiger partial charge in [0.1, 0.15) is 0 Å². The van der Waals surface area contributed by atoms with E-state index in [2.05, 4.69) is 6.92 Å². The number of hydrogen-bond acceptors (Lipinski definition) is 2. The zero-order valence-corrected chi connectivity index (χ0v) is 31.5. The molecule has 0 fully saturated rings. The van der Waals surface area contributed by atoms with E-state index in [9.17, 15) is 4.79 Å². The number of rotatable bonds is 16. The molecule has 4 N–H and O–H groups in total. The van der Waals surface area contributed by atoms with Gasteiger partial charge in [-0.05, 0) is 6.42 Å². The molecule has 0 spiro atoms. The molecule has 0 saturated carbocycles. The molecule has 0 aromatic rings. The van der Waals surface area contributed by atoms with Gasteiger partial charge in [-0.2, -0.15) is 0 Å². The number of hydrogen-bond donors (Lipinski definition) is 2. The molecule has 162 valence electrons. The fourth-order valence-electron chi connectivity index (χ4n) is 2.65. The van der Waals surface area contributed by atoms with Gasteiger partial charge in [0.25, 0.3) is 5.97 Å². The number of unbranched alkanes of at least 4 members (excludes halogenated alkanes) is 14. The van der Waals surface area contributed by atoms with E-state index in [1.807, 2.05) is 0 Å². The fourth-order valence-corrected chi connectivity index (χ4v) is 2.65. The molecule has 30 heavy (non-hydrogen) atoms. The molecule has 0 aromatic carbocycles. The predicted octanol–water partition coefficient (Wildman–Crippen LogP) is -8.82. The van der Waals surface area contributed by atoms with Crippen molar-refractivity contribution in [3.05, 3.63) is 0 Å². The maximum atomic E-state index is 10.3. The summed E-state index contributed by atoms with van der Waals surface area (Å²) >= 11 is 0. The SMILES string of the molecule is CC(=O)O.CCCCCCCCCCCCCCCCCC(=O)O.O.[H-].[H-].[H-].[H-].[H-].[Na+].[Na+].[Na+].[Na+].[Na+]. The van der Waals surface area contributed by atoms with Crippen molar-refractivity contribution in [3.8, 4) is 0 Å². The van der Waals surface area contributed by atoms with Crippen LogP contribution in [0.2, 0.25) is 0 Å². The van der Waals surface area contributed by atoms with Crippen LogP contribution in [0, 0.1) is 0 Å². The van der Waals surface area contributed by atoms with Gasteiger partial charge in [-0.1, -0.05) is 96.8 Å². The quantitative estimate of drug-likeness (QED) is 0.168. The molecule has 0 saturated heterocycles. The molecule has 0 unspecified atom stereocenters. The molecule has 10 heteroatoms. The van der Waals surface area contributed by atoms with Gasteiger partial charge in [-0.15, -0.1) is 0 Å². The van der Waals surface area contributed by atoms with Crippen molar-refractivity contribution in [1.29, 1.82) is 0 Å². The molecule has 0 amide bonds. The first-order chi connectivity index (χ1) is 11.5. The normalized spacial score (nSPS) is 8.07. The molecular formula is C20H47Na5O5. The van der Waals surface area contributed by atoms with Gasteiger partial charge in [-0.3, -0.25) is 9.59 Å².